The Kier molecular flexibility index (Phi) is 4.24. The van der Waals surface area contributed by atoms with E-state index >= 15 is 0 Å². The van der Waals surface area contributed by atoms with Crippen molar-refractivity contribution in [3.63, 3.8) is 0 Å². The summed E-state index contributed by atoms with van der Waals surface area (Å²) in [6.45, 7) is 7.04. The summed E-state index contributed by atoms with van der Waals surface area (Å²) in [4.78, 5) is 0. The second-order valence-corrected chi connectivity index (χ2v) is 5.00. The van der Waals surface area contributed by atoms with Gasteiger partial charge < -0.3 is 5.73 Å². The van der Waals surface area contributed by atoms with E-state index in [1.165, 1.54) is 32.1 Å². The van der Waals surface area contributed by atoms with Crippen LogP contribution >= 0.6 is 0 Å². The molecular weight excluding hydrogens is 158 g/mol. The van der Waals surface area contributed by atoms with Crippen LogP contribution in [0.1, 0.15) is 52.9 Å². The van der Waals surface area contributed by atoms with Crippen molar-refractivity contribution in [3.05, 3.63) is 0 Å². The molecule has 0 heterocycles. The minimum atomic E-state index is 0.492. The molecule has 0 spiro atoms. The van der Waals surface area contributed by atoms with E-state index in [0.29, 0.717) is 6.04 Å². The van der Waals surface area contributed by atoms with Gasteiger partial charge in [0, 0.05) is 6.04 Å². The lowest BCUT2D eigenvalue weighted by Gasteiger charge is -2.34. The second kappa shape index (κ2) is 4.99. The number of hydrogen-bond donors (Lipinski definition) is 1. The Balaban J connectivity index is 2.47. The predicted octanol–water partition coefficient (Wildman–Crippen LogP) is 3.19. The van der Waals surface area contributed by atoms with Gasteiger partial charge in [0.05, 0.1) is 0 Å². The minimum absolute atomic E-state index is 0.492. The summed E-state index contributed by atoms with van der Waals surface area (Å²) in [7, 11) is 0. The third-order valence-corrected chi connectivity index (χ3v) is 3.69. The average molecular weight is 183 g/mol. The lowest BCUT2D eigenvalue weighted by atomic mass is 9.73. The minimum Gasteiger partial charge on any atom is -0.328 e. The lowest BCUT2D eigenvalue weighted by Crippen LogP contribution is -2.32. The summed E-state index contributed by atoms with van der Waals surface area (Å²) in [6, 6.07) is 0.492. The van der Waals surface area contributed by atoms with Gasteiger partial charge in [-0.15, -0.1) is 0 Å². The van der Waals surface area contributed by atoms with Gasteiger partial charge in [0.15, 0.2) is 0 Å². The van der Waals surface area contributed by atoms with E-state index < -0.39 is 0 Å². The highest BCUT2D eigenvalue weighted by Gasteiger charge is 2.27. The molecule has 13 heavy (non-hydrogen) atoms. The van der Waals surface area contributed by atoms with Crippen molar-refractivity contribution in [2.75, 3.05) is 0 Å². The summed E-state index contributed by atoms with van der Waals surface area (Å²) >= 11 is 0. The van der Waals surface area contributed by atoms with Crippen LogP contribution in [0, 0.1) is 17.8 Å². The quantitative estimate of drug-likeness (QED) is 0.714. The summed E-state index contributed by atoms with van der Waals surface area (Å²) in [6.07, 6.45) is 6.64. The molecule has 1 unspecified atom stereocenters. The van der Waals surface area contributed by atoms with Crippen LogP contribution < -0.4 is 5.73 Å². The Morgan fingerprint density at radius 2 is 2.00 bits per heavy atom. The molecule has 0 radical (unpaired) electrons. The molecule has 3 atom stereocenters. The van der Waals surface area contributed by atoms with E-state index in [4.69, 9.17) is 5.73 Å². The van der Waals surface area contributed by atoms with Crippen molar-refractivity contribution in [1.29, 1.82) is 0 Å². The van der Waals surface area contributed by atoms with E-state index in [2.05, 4.69) is 20.8 Å². The molecule has 2 N–H and O–H groups in total. The first-order valence-electron chi connectivity index (χ1n) is 5.90. The van der Waals surface area contributed by atoms with E-state index in [1.807, 2.05) is 0 Å². The van der Waals surface area contributed by atoms with Gasteiger partial charge in [0.1, 0.15) is 0 Å². The molecule has 0 aliphatic heterocycles. The van der Waals surface area contributed by atoms with Gasteiger partial charge in [-0.1, -0.05) is 40.0 Å². The molecule has 0 bridgehead atoms. The van der Waals surface area contributed by atoms with Crippen molar-refractivity contribution in [1.82, 2.24) is 0 Å². The fourth-order valence-corrected chi connectivity index (χ4v) is 3.00. The van der Waals surface area contributed by atoms with Gasteiger partial charge >= 0.3 is 0 Å². The summed E-state index contributed by atoms with van der Waals surface area (Å²) in [5.41, 5.74) is 6.02. The van der Waals surface area contributed by atoms with Crippen LogP contribution in [-0.2, 0) is 0 Å². The zero-order valence-electron chi connectivity index (χ0n) is 9.42. The fourth-order valence-electron chi connectivity index (χ4n) is 3.00. The Bertz CT molecular complexity index is 142. The highest BCUT2D eigenvalue weighted by Crippen LogP contribution is 2.35. The molecule has 1 aliphatic carbocycles. The van der Waals surface area contributed by atoms with Crippen molar-refractivity contribution in [2.45, 2.75) is 58.9 Å². The molecule has 0 saturated heterocycles. The van der Waals surface area contributed by atoms with Crippen molar-refractivity contribution in [2.24, 2.45) is 23.5 Å². The topological polar surface area (TPSA) is 26.0 Å². The maximum absolute atomic E-state index is 6.02. The predicted molar refractivity (Wildman–Crippen MR) is 58.6 cm³/mol. The maximum atomic E-state index is 6.02. The standard InChI is InChI=1S/C12H25N/c1-4-12(9(2)3)10-6-5-7-11(13)8-10/h9-12H,4-8,13H2,1-3H3/t10-,11+,12?/m0/s1. The first-order chi connectivity index (χ1) is 6.15. The van der Waals surface area contributed by atoms with E-state index in [1.54, 1.807) is 0 Å². The maximum Gasteiger partial charge on any atom is 0.00415 e. The second-order valence-electron chi connectivity index (χ2n) is 5.00. The Morgan fingerprint density at radius 3 is 2.46 bits per heavy atom. The van der Waals surface area contributed by atoms with Crippen molar-refractivity contribution >= 4 is 0 Å². The largest absolute Gasteiger partial charge is 0.328 e. The first-order valence-corrected chi connectivity index (χ1v) is 5.90. The van der Waals surface area contributed by atoms with Crippen LogP contribution in [0.15, 0.2) is 0 Å². The van der Waals surface area contributed by atoms with E-state index in [0.717, 1.165) is 17.8 Å². The fraction of sp³-hybridized carbons (Fsp3) is 1.00. The normalized spacial score (nSPS) is 32.1. The Morgan fingerprint density at radius 1 is 1.31 bits per heavy atom. The third-order valence-electron chi connectivity index (χ3n) is 3.69. The SMILES string of the molecule is CCC(C(C)C)[C@H]1CCC[C@@H](N)C1. The zero-order chi connectivity index (χ0) is 9.84. The monoisotopic (exact) mass is 183 g/mol. The van der Waals surface area contributed by atoms with E-state index in [-0.39, 0.29) is 0 Å². The van der Waals surface area contributed by atoms with Gasteiger partial charge in [-0.05, 0) is 30.6 Å². The summed E-state index contributed by atoms with van der Waals surface area (Å²) in [5, 5.41) is 0. The number of nitrogens with two attached hydrogens (primary N) is 1. The molecule has 1 aliphatic rings. The molecule has 0 aromatic carbocycles. The van der Waals surface area contributed by atoms with Crippen LogP contribution in [-0.4, -0.2) is 6.04 Å². The number of hydrogen-bond acceptors (Lipinski definition) is 1. The molecule has 1 saturated carbocycles. The molecule has 1 fully saturated rings. The van der Waals surface area contributed by atoms with Gasteiger partial charge in [-0.25, -0.2) is 0 Å². The first kappa shape index (κ1) is 11.0. The highest BCUT2D eigenvalue weighted by molar-refractivity contribution is 4.80. The average Bonchev–Trinajstić information content (AvgIpc) is 2.04. The highest BCUT2D eigenvalue weighted by atomic mass is 14.6. The summed E-state index contributed by atoms with van der Waals surface area (Å²) in [5.74, 6) is 2.65. The van der Waals surface area contributed by atoms with Crippen LogP contribution in [0.3, 0.4) is 0 Å². The lowest BCUT2D eigenvalue weighted by molar-refractivity contribution is 0.178. The van der Waals surface area contributed by atoms with Crippen molar-refractivity contribution < 1.29 is 0 Å². The molecule has 1 nitrogen and oxygen atoms in total. The third kappa shape index (κ3) is 2.98. The van der Waals surface area contributed by atoms with E-state index in [9.17, 15) is 0 Å². The van der Waals surface area contributed by atoms with Crippen molar-refractivity contribution in [3.8, 4) is 0 Å². The van der Waals surface area contributed by atoms with Gasteiger partial charge in [-0.3, -0.25) is 0 Å². The Labute approximate surface area is 83.1 Å². The molecule has 0 aromatic rings. The van der Waals surface area contributed by atoms with Crippen LogP contribution in [0.4, 0.5) is 0 Å². The molecular formula is C12H25N. The zero-order valence-corrected chi connectivity index (χ0v) is 9.42. The van der Waals surface area contributed by atoms with Crippen LogP contribution in [0.5, 0.6) is 0 Å². The molecule has 0 amide bonds. The van der Waals surface area contributed by atoms with Gasteiger partial charge in [-0.2, -0.15) is 0 Å². The van der Waals surface area contributed by atoms with Gasteiger partial charge in [0.25, 0.3) is 0 Å². The molecule has 1 heteroatoms. The number of rotatable bonds is 3. The van der Waals surface area contributed by atoms with Crippen LogP contribution in [0.2, 0.25) is 0 Å². The molecule has 1 rings (SSSR count). The molecule has 78 valence electrons. The van der Waals surface area contributed by atoms with Crippen LogP contribution in [0.25, 0.3) is 0 Å². The van der Waals surface area contributed by atoms with Gasteiger partial charge in [0.2, 0.25) is 0 Å². The summed E-state index contributed by atoms with van der Waals surface area (Å²) < 4.78 is 0. The molecule has 0 aromatic heterocycles. The Hall–Kier alpha value is -0.0400. The smallest absolute Gasteiger partial charge is 0.00415 e.